The largest absolute Gasteiger partial charge is 0.508 e. The van der Waals surface area contributed by atoms with E-state index in [1.54, 1.807) is 16.6 Å². The van der Waals surface area contributed by atoms with Crippen LogP contribution in [0.4, 0.5) is 5.69 Å². The lowest BCUT2D eigenvalue weighted by atomic mass is 9.96. The molecule has 5 aromatic rings. The number of unbranched alkanes of at least 4 members (excludes halogenated alkanes) is 7. The zero-order chi connectivity index (χ0) is 36.0. The SMILES string of the molecule is CCCCCCCCCCC(Oc1ccc(S(=O)(=O)c2ccc(O)cc2)cc1)C(=O)Nc1c(C)cc(C)c(-c2nnc3c(Cl)c(C)[nH]n23)c1C. The zero-order valence-electron chi connectivity index (χ0n) is 29.3. The average molecular weight is 720 g/mol. The maximum absolute atomic E-state index is 14.0. The molecular weight excluding hydrogens is 674 g/mol. The Balaban J connectivity index is 1.37. The molecule has 0 saturated carbocycles. The molecule has 1 atom stereocenters. The predicted octanol–water partition coefficient (Wildman–Crippen LogP) is 9.07. The topological polar surface area (TPSA) is 139 Å². The Labute approximate surface area is 299 Å². The van der Waals surface area contributed by atoms with Gasteiger partial charge < -0.3 is 15.2 Å². The lowest BCUT2D eigenvalue weighted by Crippen LogP contribution is -2.33. The molecule has 0 aliphatic rings. The summed E-state index contributed by atoms with van der Waals surface area (Å²) in [6.45, 7) is 9.98. The Morgan fingerprint density at radius 1 is 0.900 bits per heavy atom. The minimum atomic E-state index is -3.80. The fourth-order valence-corrected chi connectivity index (χ4v) is 7.76. The van der Waals surface area contributed by atoms with Crippen molar-refractivity contribution in [3.05, 3.63) is 82.0 Å². The van der Waals surface area contributed by atoms with Gasteiger partial charge in [0.05, 0.1) is 15.5 Å². The zero-order valence-corrected chi connectivity index (χ0v) is 30.9. The molecule has 2 heterocycles. The molecule has 10 nitrogen and oxygen atoms in total. The number of carbonyl (C=O) groups is 1. The Hall–Kier alpha value is -4.35. The van der Waals surface area contributed by atoms with Crippen LogP contribution in [-0.4, -0.2) is 45.3 Å². The van der Waals surface area contributed by atoms with Gasteiger partial charge in [-0.05, 0) is 106 Å². The number of hydrogen-bond acceptors (Lipinski definition) is 7. The number of fused-ring (bicyclic) bond motifs is 1. The summed E-state index contributed by atoms with van der Waals surface area (Å²) in [5.74, 6) is 0.670. The van der Waals surface area contributed by atoms with Crippen LogP contribution in [-0.2, 0) is 14.6 Å². The van der Waals surface area contributed by atoms with Crippen molar-refractivity contribution in [1.82, 2.24) is 19.8 Å². The summed E-state index contributed by atoms with van der Waals surface area (Å²) >= 11 is 6.44. The lowest BCUT2D eigenvalue weighted by Gasteiger charge is -2.22. The number of rotatable bonds is 16. The molecule has 0 radical (unpaired) electrons. The number of phenolic OH excluding ortho intramolecular Hbond substituents is 1. The fourth-order valence-electron chi connectivity index (χ4n) is 6.33. The second kappa shape index (κ2) is 16.1. The molecule has 12 heteroatoms. The van der Waals surface area contributed by atoms with Gasteiger partial charge in [-0.25, -0.2) is 12.9 Å². The van der Waals surface area contributed by atoms with E-state index >= 15 is 0 Å². The van der Waals surface area contributed by atoms with E-state index in [-0.39, 0.29) is 21.4 Å². The quantitative estimate of drug-likeness (QED) is 0.0865. The van der Waals surface area contributed by atoms with Gasteiger partial charge >= 0.3 is 0 Å². The highest BCUT2D eigenvalue weighted by Crippen LogP contribution is 2.35. The number of aromatic amines is 1. The third kappa shape index (κ3) is 8.16. The van der Waals surface area contributed by atoms with Crippen LogP contribution in [0.3, 0.4) is 0 Å². The van der Waals surface area contributed by atoms with Crippen molar-refractivity contribution in [1.29, 1.82) is 0 Å². The molecule has 2 aromatic heterocycles. The van der Waals surface area contributed by atoms with Crippen LogP contribution in [0.5, 0.6) is 11.5 Å². The van der Waals surface area contributed by atoms with Crippen LogP contribution in [0.2, 0.25) is 5.02 Å². The van der Waals surface area contributed by atoms with Crippen LogP contribution < -0.4 is 10.1 Å². The number of halogens is 1. The van der Waals surface area contributed by atoms with E-state index in [0.29, 0.717) is 34.4 Å². The monoisotopic (exact) mass is 719 g/mol. The number of amides is 1. The number of hydrogen-bond donors (Lipinski definition) is 3. The number of aromatic hydroxyl groups is 1. The van der Waals surface area contributed by atoms with Crippen molar-refractivity contribution in [3.63, 3.8) is 0 Å². The molecule has 5 rings (SSSR count). The molecule has 0 aliphatic heterocycles. The number of sulfone groups is 1. The second-order valence-electron chi connectivity index (χ2n) is 12.9. The van der Waals surface area contributed by atoms with Crippen molar-refractivity contribution < 1.29 is 23.1 Å². The molecule has 3 aromatic carbocycles. The van der Waals surface area contributed by atoms with Crippen molar-refractivity contribution in [2.75, 3.05) is 5.32 Å². The molecule has 0 spiro atoms. The van der Waals surface area contributed by atoms with Gasteiger partial charge in [0.1, 0.15) is 16.5 Å². The highest BCUT2D eigenvalue weighted by Gasteiger charge is 2.26. The Kier molecular flexibility index (Phi) is 11.9. The number of carbonyl (C=O) groups excluding carboxylic acids is 1. The highest BCUT2D eigenvalue weighted by atomic mass is 35.5. The molecule has 0 bridgehead atoms. The molecular formula is C38H46ClN5O5S. The van der Waals surface area contributed by atoms with Gasteiger partial charge in [-0.1, -0.05) is 69.5 Å². The third-order valence-corrected chi connectivity index (χ3v) is 11.3. The van der Waals surface area contributed by atoms with Crippen LogP contribution in [0, 0.1) is 27.7 Å². The maximum atomic E-state index is 14.0. The average Bonchev–Trinajstić information content (AvgIpc) is 3.62. The van der Waals surface area contributed by atoms with E-state index in [1.165, 1.54) is 68.5 Å². The van der Waals surface area contributed by atoms with Crippen LogP contribution >= 0.6 is 11.6 Å². The van der Waals surface area contributed by atoms with E-state index in [4.69, 9.17) is 16.3 Å². The molecule has 3 N–H and O–H groups in total. The Morgan fingerprint density at radius 3 is 2.14 bits per heavy atom. The van der Waals surface area contributed by atoms with Gasteiger partial charge in [-0.3, -0.25) is 9.89 Å². The van der Waals surface area contributed by atoms with Crippen LogP contribution in [0.1, 0.15) is 87.1 Å². The van der Waals surface area contributed by atoms with Gasteiger partial charge in [0.15, 0.2) is 17.6 Å². The van der Waals surface area contributed by atoms with Crippen molar-refractivity contribution >= 4 is 38.7 Å². The van der Waals surface area contributed by atoms with E-state index in [9.17, 15) is 18.3 Å². The summed E-state index contributed by atoms with van der Waals surface area (Å²) in [6, 6.07) is 13.5. The molecule has 0 aliphatic carbocycles. The normalized spacial score (nSPS) is 12.4. The molecule has 1 amide bonds. The Bertz CT molecular complexity index is 2050. The number of phenols is 1. The van der Waals surface area contributed by atoms with E-state index in [2.05, 4.69) is 27.5 Å². The van der Waals surface area contributed by atoms with Crippen LogP contribution in [0.15, 0.2) is 64.4 Å². The molecule has 0 saturated heterocycles. The van der Waals surface area contributed by atoms with E-state index < -0.39 is 15.9 Å². The third-order valence-electron chi connectivity index (χ3n) is 9.08. The summed E-state index contributed by atoms with van der Waals surface area (Å²) < 4.78 is 34.4. The number of nitrogens with zero attached hydrogens (tertiary/aromatic N) is 3. The van der Waals surface area contributed by atoms with Gasteiger partial charge in [-0.2, -0.15) is 0 Å². The highest BCUT2D eigenvalue weighted by molar-refractivity contribution is 7.91. The molecule has 0 fully saturated rings. The molecule has 50 heavy (non-hydrogen) atoms. The first-order valence-corrected chi connectivity index (χ1v) is 19.1. The Morgan fingerprint density at radius 2 is 1.50 bits per heavy atom. The number of anilines is 1. The summed E-state index contributed by atoms with van der Waals surface area (Å²) in [5.41, 5.74) is 5.52. The van der Waals surface area contributed by atoms with Crippen molar-refractivity contribution in [2.45, 2.75) is 108 Å². The number of nitrogens with one attached hydrogen (secondary N) is 2. The number of ether oxygens (including phenoxy) is 1. The first-order valence-electron chi connectivity index (χ1n) is 17.2. The number of aryl methyl sites for hydroxylation is 3. The second-order valence-corrected chi connectivity index (χ2v) is 15.3. The van der Waals surface area contributed by atoms with E-state index in [1.807, 2.05) is 33.8 Å². The van der Waals surface area contributed by atoms with Gasteiger partial charge in [0.2, 0.25) is 9.84 Å². The minimum absolute atomic E-state index is 0.0166. The molecule has 266 valence electrons. The first kappa shape index (κ1) is 36.9. The predicted molar refractivity (Wildman–Crippen MR) is 197 cm³/mol. The number of aromatic nitrogens is 4. The summed E-state index contributed by atoms with van der Waals surface area (Å²) in [4.78, 5) is 14.2. The summed E-state index contributed by atoms with van der Waals surface area (Å²) in [5, 5.41) is 25.2. The van der Waals surface area contributed by atoms with E-state index in [0.717, 1.165) is 47.2 Å². The lowest BCUT2D eigenvalue weighted by molar-refractivity contribution is -0.123. The summed E-state index contributed by atoms with van der Waals surface area (Å²) in [7, 11) is -3.80. The summed E-state index contributed by atoms with van der Waals surface area (Å²) in [6.07, 6.45) is 8.66. The van der Waals surface area contributed by atoms with Gasteiger partial charge in [0, 0.05) is 11.3 Å². The smallest absolute Gasteiger partial charge is 0.265 e. The van der Waals surface area contributed by atoms with Crippen molar-refractivity contribution in [3.8, 4) is 22.9 Å². The minimum Gasteiger partial charge on any atom is -0.508 e. The fraction of sp³-hybridized carbons (Fsp3) is 0.395. The number of H-pyrrole nitrogens is 1. The maximum Gasteiger partial charge on any atom is 0.265 e. The first-order chi connectivity index (χ1) is 23.9. The standard InChI is InChI=1S/C38H46ClN5O5S/c1-6-7-8-9-10-11-12-13-14-32(49-29-17-21-31(22-18-29)50(47,48)30-19-15-28(45)16-20-30)38(46)40-35-25(3)23-24(2)33(26(35)4)36-41-42-37-34(39)27(5)43-44(36)37/h15-23,32,43,45H,6-14H2,1-5H3,(H,40,46). The van der Waals surface area contributed by atoms with Gasteiger partial charge in [0.25, 0.3) is 5.91 Å². The van der Waals surface area contributed by atoms with Crippen LogP contribution in [0.25, 0.3) is 17.0 Å². The number of benzene rings is 3. The molecule has 1 unspecified atom stereocenters. The van der Waals surface area contributed by atoms with Gasteiger partial charge in [-0.15, -0.1) is 10.2 Å². The van der Waals surface area contributed by atoms with Crippen molar-refractivity contribution in [2.24, 2.45) is 0 Å².